The van der Waals surface area contributed by atoms with Gasteiger partial charge in [0, 0.05) is 19.0 Å². The summed E-state index contributed by atoms with van der Waals surface area (Å²) in [7, 11) is -3.80. The topological polar surface area (TPSA) is 86.8 Å². The average molecular weight is 550 g/mol. The average Bonchev–Trinajstić information content (AvgIpc) is 2.90. The first kappa shape index (κ1) is 29.9. The van der Waals surface area contributed by atoms with Gasteiger partial charge in [-0.1, -0.05) is 85.3 Å². The van der Waals surface area contributed by atoms with Crippen molar-refractivity contribution in [2.75, 3.05) is 17.1 Å². The standard InChI is InChI=1S/C31H39N3O4S/c1-6-25(4)32-31(36)29(20-26-13-9-7-10-14-26)33(21-27-15-11-8-12-16-27)30(35)22-34(39(5,37)38)28-18-17-23(2)19-24(28)3/h7-19,25,29H,6,20-22H2,1-5H3,(H,32,36)/t25-,29-/m0/s1. The van der Waals surface area contributed by atoms with Gasteiger partial charge in [0.15, 0.2) is 0 Å². The van der Waals surface area contributed by atoms with E-state index in [1.54, 1.807) is 6.07 Å². The van der Waals surface area contributed by atoms with Crippen LogP contribution in [0.3, 0.4) is 0 Å². The largest absolute Gasteiger partial charge is 0.352 e. The number of anilines is 1. The van der Waals surface area contributed by atoms with Crippen LogP contribution in [-0.4, -0.2) is 50.0 Å². The van der Waals surface area contributed by atoms with Crippen molar-refractivity contribution in [2.24, 2.45) is 0 Å². The Bertz CT molecular complexity index is 1360. The zero-order chi connectivity index (χ0) is 28.6. The van der Waals surface area contributed by atoms with E-state index >= 15 is 0 Å². The molecule has 7 nitrogen and oxygen atoms in total. The summed E-state index contributed by atoms with van der Waals surface area (Å²) >= 11 is 0. The molecule has 0 bridgehead atoms. The number of sulfonamides is 1. The van der Waals surface area contributed by atoms with Gasteiger partial charge < -0.3 is 10.2 Å². The van der Waals surface area contributed by atoms with Gasteiger partial charge in [0.05, 0.1) is 11.9 Å². The first-order valence-corrected chi connectivity index (χ1v) is 15.1. The third kappa shape index (κ3) is 8.42. The Balaban J connectivity index is 2.06. The second-order valence-corrected chi connectivity index (χ2v) is 12.0. The Morgan fingerprint density at radius 2 is 1.49 bits per heavy atom. The van der Waals surface area contributed by atoms with Crippen LogP contribution >= 0.6 is 0 Å². The van der Waals surface area contributed by atoms with Crippen LogP contribution in [0.5, 0.6) is 0 Å². The number of nitrogens with zero attached hydrogens (tertiary/aromatic N) is 2. The predicted octanol–water partition coefficient (Wildman–Crippen LogP) is 4.62. The summed E-state index contributed by atoms with van der Waals surface area (Å²) in [5.74, 6) is -0.723. The molecular formula is C31H39N3O4S. The SMILES string of the molecule is CC[C@H](C)NC(=O)[C@H](Cc1ccccc1)N(Cc1ccccc1)C(=O)CN(c1ccc(C)cc1C)S(C)(=O)=O. The van der Waals surface area contributed by atoms with E-state index in [4.69, 9.17) is 0 Å². The number of benzene rings is 3. The molecule has 39 heavy (non-hydrogen) atoms. The van der Waals surface area contributed by atoms with Gasteiger partial charge in [-0.2, -0.15) is 0 Å². The molecular weight excluding hydrogens is 510 g/mol. The molecule has 3 rings (SSSR count). The van der Waals surface area contributed by atoms with Gasteiger partial charge in [0.1, 0.15) is 12.6 Å². The molecule has 0 radical (unpaired) electrons. The van der Waals surface area contributed by atoms with E-state index in [2.05, 4.69) is 5.32 Å². The minimum atomic E-state index is -3.80. The fraction of sp³-hybridized carbons (Fsp3) is 0.355. The fourth-order valence-electron chi connectivity index (χ4n) is 4.46. The van der Waals surface area contributed by atoms with E-state index in [1.165, 1.54) is 4.90 Å². The predicted molar refractivity (Wildman–Crippen MR) is 157 cm³/mol. The van der Waals surface area contributed by atoms with Gasteiger partial charge >= 0.3 is 0 Å². The Morgan fingerprint density at radius 3 is 2.03 bits per heavy atom. The summed E-state index contributed by atoms with van der Waals surface area (Å²) in [6.07, 6.45) is 2.13. The van der Waals surface area contributed by atoms with Crippen LogP contribution in [0.1, 0.15) is 42.5 Å². The molecule has 0 spiro atoms. The molecule has 3 aromatic carbocycles. The third-order valence-electron chi connectivity index (χ3n) is 6.77. The summed E-state index contributed by atoms with van der Waals surface area (Å²) in [6.45, 7) is 7.40. The van der Waals surface area contributed by atoms with Crippen LogP contribution in [0.2, 0.25) is 0 Å². The van der Waals surface area contributed by atoms with Crippen molar-refractivity contribution in [3.05, 3.63) is 101 Å². The van der Waals surface area contributed by atoms with Crippen molar-refractivity contribution in [3.8, 4) is 0 Å². The van der Waals surface area contributed by atoms with Crippen LogP contribution in [0.25, 0.3) is 0 Å². The van der Waals surface area contributed by atoms with Crippen molar-refractivity contribution in [3.63, 3.8) is 0 Å². The summed E-state index contributed by atoms with van der Waals surface area (Å²) < 4.78 is 27.0. The molecule has 0 saturated heterocycles. The molecule has 0 unspecified atom stereocenters. The van der Waals surface area contributed by atoms with Crippen LogP contribution in [0.4, 0.5) is 5.69 Å². The Morgan fingerprint density at radius 1 is 0.897 bits per heavy atom. The molecule has 0 heterocycles. The zero-order valence-electron chi connectivity index (χ0n) is 23.4. The van der Waals surface area contributed by atoms with Gasteiger partial charge in [0.25, 0.3) is 0 Å². The van der Waals surface area contributed by atoms with E-state index in [-0.39, 0.29) is 18.5 Å². The number of rotatable bonds is 12. The number of hydrogen-bond acceptors (Lipinski definition) is 4. The highest BCUT2D eigenvalue weighted by molar-refractivity contribution is 7.92. The Kier molecular flexibility index (Phi) is 10.3. The van der Waals surface area contributed by atoms with Crippen molar-refractivity contribution in [1.82, 2.24) is 10.2 Å². The summed E-state index contributed by atoms with van der Waals surface area (Å²) in [6, 6.07) is 23.5. The first-order valence-electron chi connectivity index (χ1n) is 13.2. The van der Waals surface area contributed by atoms with Gasteiger partial charge in [0.2, 0.25) is 21.8 Å². The second kappa shape index (κ2) is 13.4. The van der Waals surface area contributed by atoms with Crippen LogP contribution in [-0.2, 0) is 32.6 Å². The maximum Gasteiger partial charge on any atom is 0.244 e. The lowest BCUT2D eigenvalue weighted by Gasteiger charge is -2.34. The van der Waals surface area contributed by atoms with Crippen LogP contribution in [0.15, 0.2) is 78.9 Å². The molecule has 2 amide bonds. The van der Waals surface area contributed by atoms with Gasteiger partial charge in [-0.15, -0.1) is 0 Å². The number of hydrogen-bond donors (Lipinski definition) is 1. The van der Waals surface area contributed by atoms with Crippen molar-refractivity contribution in [1.29, 1.82) is 0 Å². The van der Waals surface area contributed by atoms with Gasteiger partial charge in [-0.3, -0.25) is 13.9 Å². The quantitative estimate of drug-likeness (QED) is 0.357. The Labute approximate surface area is 232 Å². The zero-order valence-corrected chi connectivity index (χ0v) is 24.2. The van der Waals surface area contributed by atoms with E-state index in [0.717, 1.165) is 39.2 Å². The lowest BCUT2D eigenvalue weighted by molar-refractivity contribution is -0.140. The van der Waals surface area contributed by atoms with Crippen LogP contribution < -0.4 is 9.62 Å². The molecule has 2 atom stereocenters. The highest BCUT2D eigenvalue weighted by Gasteiger charge is 2.33. The number of carbonyl (C=O) groups is 2. The highest BCUT2D eigenvalue weighted by atomic mass is 32.2. The highest BCUT2D eigenvalue weighted by Crippen LogP contribution is 2.24. The minimum absolute atomic E-state index is 0.0767. The third-order valence-corrected chi connectivity index (χ3v) is 7.89. The fourth-order valence-corrected chi connectivity index (χ4v) is 5.36. The number of aryl methyl sites for hydroxylation is 2. The molecule has 208 valence electrons. The number of carbonyl (C=O) groups excluding carboxylic acids is 2. The van der Waals surface area contributed by atoms with E-state index in [1.807, 2.05) is 100 Å². The second-order valence-electron chi connectivity index (χ2n) is 10.1. The molecule has 0 aromatic heterocycles. The molecule has 3 aromatic rings. The number of nitrogens with one attached hydrogen (secondary N) is 1. The minimum Gasteiger partial charge on any atom is -0.352 e. The first-order chi connectivity index (χ1) is 18.5. The Hall–Kier alpha value is -3.65. The molecule has 0 saturated carbocycles. The lowest BCUT2D eigenvalue weighted by atomic mass is 10.0. The molecule has 0 aliphatic rings. The summed E-state index contributed by atoms with van der Waals surface area (Å²) in [5.41, 5.74) is 3.93. The van der Waals surface area contributed by atoms with E-state index < -0.39 is 28.5 Å². The van der Waals surface area contributed by atoms with E-state index in [9.17, 15) is 18.0 Å². The molecule has 0 fully saturated rings. The number of amides is 2. The van der Waals surface area contributed by atoms with Crippen molar-refractivity contribution < 1.29 is 18.0 Å². The molecule has 0 aliphatic heterocycles. The summed E-state index contributed by atoms with van der Waals surface area (Å²) in [5, 5.41) is 3.04. The van der Waals surface area contributed by atoms with Crippen molar-refractivity contribution >= 4 is 27.5 Å². The maximum absolute atomic E-state index is 14.1. The van der Waals surface area contributed by atoms with Crippen LogP contribution in [0, 0.1) is 13.8 Å². The maximum atomic E-state index is 14.1. The molecule has 1 N–H and O–H groups in total. The molecule has 0 aliphatic carbocycles. The smallest absolute Gasteiger partial charge is 0.244 e. The monoisotopic (exact) mass is 549 g/mol. The van der Waals surface area contributed by atoms with Crippen molar-refractivity contribution in [2.45, 2.75) is 59.2 Å². The normalized spacial score (nSPS) is 12.8. The molecule has 8 heteroatoms. The lowest BCUT2D eigenvalue weighted by Crippen LogP contribution is -2.54. The van der Waals surface area contributed by atoms with Gasteiger partial charge in [-0.05, 0) is 49.9 Å². The summed E-state index contributed by atoms with van der Waals surface area (Å²) in [4.78, 5) is 29.3. The van der Waals surface area contributed by atoms with E-state index in [0.29, 0.717) is 12.1 Å². The van der Waals surface area contributed by atoms with Gasteiger partial charge in [-0.25, -0.2) is 8.42 Å².